The highest BCUT2D eigenvalue weighted by molar-refractivity contribution is 7.93. The molecule has 2 aromatic rings. The molecule has 0 unspecified atom stereocenters. The molecule has 0 radical (unpaired) electrons. The van der Waals surface area contributed by atoms with E-state index in [9.17, 15) is 21.9 Å². The smallest absolute Gasteiger partial charge is 0.262 e. The molecule has 2 aromatic carbocycles. The predicted molar refractivity (Wildman–Crippen MR) is 114 cm³/mol. The minimum atomic E-state index is -4.00. The van der Waals surface area contributed by atoms with E-state index in [-0.39, 0.29) is 21.3 Å². The zero-order valence-electron chi connectivity index (χ0n) is 15.8. The van der Waals surface area contributed by atoms with Crippen molar-refractivity contribution in [3.63, 3.8) is 0 Å². The van der Waals surface area contributed by atoms with Crippen LogP contribution >= 0.6 is 11.6 Å². The number of rotatable bonds is 6. The molecule has 29 heavy (non-hydrogen) atoms. The molecule has 2 atom stereocenters. The van der Waals surface area contributed by atoms with Crippen LogP contribution in [0.2, 0.25) is 5.02 Å². The fourth-order valence-corrected chi connectivity index (χ4v) is 6.60. The Balaban J connectivity index is 1.89. The summed E-state index contributed by atoms with van der Waals surface area (Å²) in [5.74, 6) is 0. The van der Waals surface area contributed by atoms with Gasteiger partial charge in [-0.2, -0.15) is 0 Å². The lowest BCUT2D eigenvalue weighted by Gasteiger charge is -2.27. The summed E-state index contributed by atoms with van der Waals surface area (Å²) < 4.78 is 56.0. The molecule has 3 N–H and O–H groups in total. The quantitative estimate of drug-likeness (QED) is 0.613. The molecule has 1 fully saturated rings. The van der Waals surface area contributed by atoms with E-state index in [2.05, 4.69) is 9.44 Å². The first-order valence-electron chi connectivity index (χ1n) is 9.18. The van der Waals surface area contributed by atoms with E-state index >= 15 is 0 Å². The van der Waals surface area contributed by atoms with Gasteiger partial charge in [-0.15, -0.1) is 0 Å². The lowest BCUT2D eigenvalue weighted by atomic mass is 9.97. The monoisotopic (exact) mass is 458 g/mol. The van der Waals surface area contributed by atoms with Crippen LogP contribution < -0.4 is 9.44 Å². The zero-order chi connectivity index (χ0) is 21.2. The van der Waals surface area contributed by atoms with Gasteiger partial charge in [-0.1, -0.05) is 42.6 Å². The molecular formula is C19H23ClN2O5S2. The van der Waals surface area contributed by atoms with Gasteiger partial charge in [0.2, 0.25) is 10.0 Å². The Bertz CT molecular complexity index is 1100. The molecule has 0 spiro atoms. The molecule has 0 aromatic heterocycles. The summed E-state index contributed by atoms with van der Waals surface area (Å²) in [6.07, 6.45) is 1.37. The molecule has 0 bridgehead atoms. The SMILES string of the molecule is Cc1ccc(NS(=O)(=O)[C@@H]2CCCC[C@@H]2O)cc1S(=O)(=O)Nc1ccccc1Cl. The predicted octanol–water partition coefficient (Wildman–Crippen LogP) is 3.49. The fourth-order valence-electron chi connectivity index (χ4n) is 3.38. The van der Waals surface area contributed by atoms with Crippen LogP contribution in [0.4, 0.5) is 11.4 Å². The number of anilines is 2. The lowest BCUT2D eigenvalue weighted by Crippen LogP contribution is -2.40. The van der Waals surface area contributed by atoms with E-state index < -0.39 is 31.4 Å². The number of para-hydroxylation sites is 1. The summed E-state index contributed by atoms with van der Waals surface area (Å²) in [6, 6.07) is 10.7. The Morgan fingerprint density at radius 2 is 1.69 bits per heavy atom. The summed E-state index contributed by atoms with van der Waals surface area (Å²) in [5, 5.41) is 9.39. The number of nitrogens with one attached hydrogen (secondary N) is 2. The molecule has 0 heterocycles. The van der Waals surface area contributed by atoms with E-state index in [1.54, 1.807) is 25.1 Å². The lowest BCUT2D eigenvalue weighted by molar-refractivity contribution is 0.133. The molecule has 0 amide bonds. The van der Waals surface area contributed by atoms with Crippen LogP contribution in [-0.2, 0) is 20.0 Å². The average Bonchev–Trinajstić information content (AvgIpc) is 2.65. The van der Waals surface area contributed by atoms with Gasteiger partial charge in [0.1, 0.15) is 5.25 Å². The highest BCUT2D eigenvalue weighted by Gasteiger charge is 2.34. The molecule has 0 aliphatic heterocycles. The normalized spacial score (nSPS) is 20.2. The number of sulfonamides is 2. The molecule has 1 aliphatic carbocycles. The third kappa shape index (κ3) is 5.03. The van der Waals surface area contributed by atoms with Gasteiger partial charge < -0.3 is 5.11 Å². The topological polar surface area (TPSA) is 113 Å². The summed E-state index contributed by atoms with van der Waals surface area (Å²) in [4.78, 5) is -0.0678. The highest BCUT2D eigenvalue weighted by atomic mass is 35.5. The Kier molecular flexibility index (Phi) is 6.42. The van der Waals surface area contributed by atoms with Crippen LogP contribution in [0.15, 0.2) is 47.4 Å². The summed E-state index contributed by atoms with van der Waals surface area (Å²) in [7, 11) is -7.86. The van der Waals surface area contributed by atoms with Gasteiger partial charge in [-0.05, 0) is 49.6 Å². The van der Waals surface area contributed by atoms with Crippen LogP contribution in [-0.4, -0.2) is 33.3 Å². The van der Waals surface area contributed by atoms with Crippen molar-refractivity contribution in [2.24, 2.45) is 0 Å². The first-order valence-corrected chi connectivity index (χ1v) is 12.6. The maximum Gasteiger partial charge on any atom is 0.262 e. The number of benzene rings is 2. The molecule has 0 saturated heterocycles. The first-order chi connectivity index (χ1) is 13.6. The number of aliphatic hydroxyl groups is 1. The Hall–Kier alpha value is -1.81. The zero-order valence-corrected chi connectivity index (χ0v) is 18.2. The Labute approximate surface area is 176 Å². The number of hydrogen-bond acceptors (Lipinski definition) is 5. The largest absolute Gasteiger partial charge is 0.392 e. The van der Waals surface area contributed by atoms with E-state index in [0.717, 1.165) is 12.8 Å². The van der Waals surface area contributed by atoms with Crippen molar-refractivity contribution in [2.75, 3.05) is 9.44 Å². The molecule has 1 saturated carbocycles. The van der Waals surface area contributed by atoms with Crippen LogP contribution in [0, 0.1) is 6.92 Å². The number of aryl methyl sites for hydroxylation is 1. The van der Waals surface area contributed by atoms with Crippen molar-refractivity contribution in [1.82, 2.24) is 0 Å². The van der Waals surface area contributed by atoms with Crippen molar-refractivity contribution < 1.29 is 21.9 Å². The van der Waals surface area contributed by atoms with Crippen LogP contribution in [0.3, 0.4) is 0 Å². The summed E-state index contributed by atoms with van der Waals surface area (Å²) >= 11 is 6.03. The molecule has 7 nitrogen and oxygen atoms in total. The standard InChI is InChI=1S/C19H23ClN2O5S2/c1-13-10-11-14(21-28(24,25)18-9-5-4-8-17(18)23)12-19(13)29(26,27)22-16-7-3-2-6-15(16)20/h2-3,6-7,10-12,17-18,21-23H,4-5,8-9H2,1H3/t17-,18+/m0/s1. The van der Waals surface area contributed by atoms with Crippen molar-refractivity contribution in [3.8, 4) is 0 Å². The van der Waals surface area contributed by atoms with E-state index in [4.69, 9.17) is 11.6 Å². The van der Waals surface area contributed by atoms with Crippen molar-refractivity contribution in [1.29, 1.82) is 0 Å². The minimum Gasteiger partial charge on any atom is -0.392 e. The number of hydrogen-bond donors (Lipinski definition) is 3. The second-order valence-corrected chi connectivity index (χ2v) is 11.1. The van der Waals surface area contributed by atoms with Gasteiger partial charge in [0.15, 0.2) is 0 Å². The molecule has 10 heteroatoms. The third-order valence-corrected chi connectivity index (χ3v) is 8.63. The molecule has 1 aliphatic rings. The molecule has 3 rings (SSSR count). The second kappa shape index (κ2) is 8.51. The minimum absolute atomic E-state index is 0.0678. The van der Waals surface area contributed by atoms with Crippen molar-refractivity contribution in [2.45, 2.75) is 48.9 Å². The van der Waals surface area contributed by atoms with Gasteiger partial charge in [-0.25, -0.2) is 16.8 Å². The van der Waals surface area contributed by atoms with Gasteiger partial charge in [0.05, 0.1) is 21.7 Å². The first kappa shape index (κ1) is 21.9. The Morgan fingerprint density at radius 3 is 2.38 bits per heavy atom. The maximum absolute atomic E-state index is 12.9. The van der Waals surface area contributed by atoms with Gasteiger partial charge in [0.25, 0.3) is 10.0 Å². The number of halogens is 1. The van der Waals surface area contributed by atoms with Gasteiger partial charge >= 0.3 is 0 Å². The van der Waals surface area contributed by atoms with Crippen molar-refractivity contribution >= 4 is 43.0 Å². The van der Waals surface area contributed by atoms with E-state index in [1.807, 2.05) is 0 Å². The van der Waals surface area contributed by atoms with Crippen LogP contribution in [0.1, 0.15) is 31.2 Å². The van der Waals surface area contributed by atoms with Crippen molar-refractivity contribution in [3.05, 3.63) is 53.1 Å². The van der Waals surface area contributed by atoms with Gasteiger partial charge in [0, 0.05) is 5.69 Å². The van der Waals surface area contributed by atoms with E-state index in [0.29, 0.717) is 18.4 Å². The van der Waals surface area contributed by atoms with Gasteiger partial charge in [-0.3, -0.25) is 9.44 Å². The molecular weight excluding hydrogens is 436 g/mol. The van der Waals surface area contributed by atoms with Crippen LogP contribution in [0.25, 0.3) is 0 Å². The molecule has 158 valence electrons. The second-order valence-electron chi connectivity index (χ2n) is 7.10. The maximum atomic E-state index is 12.9. The summed E-state index contributed by atoms with van der Waals surface area (Å²) in [6.45, 7) is 1.62. The van der Waals surface area contributed by atoms with E-state index in [1.165, 1.54) is 24.3 Å². The Morgan fingerprint density at radius 1 is 1.00 bits per heavy atom. The average molecular weight is 459 g/mol. The number of aliphatic hydroxyl groups excluding tert-OH is 1. The summed E-state index contributed by atoms with van der Waals surface area (Å²) in [5.41, 5.74) is 0.794. The van der Waals surface area contributed by atoms with Crippen LogP contribution in [0.5, 0.6) is 0 Å². The fraction of sp³-hybridized carbons (Fsp3) is 0.368. The highest BCUT2D eigenvalue weighted by Crippen LogP contribution is 2.29. The third-order valence-electron chi connectivity index (χ3n) is 4.92.